The number of hydrogen-bond acceptors (Lipinski definition) is 2. The third kappa shape index (κ3) is 7.26. The molecule has 1 rings (SSSR count). The second-order valence-electron chi connectivity index (χ2n) is 6.97. The zero-order valence-corrected chi connectivity index (χ0v) is 17.1. The maximum Gasteiger partial charge on any atom is 0.149 e. The molecule has 3 unspecified atom stereocenters. The highest BCUT2D eigenvalue weighted by molar-refractivity contribution is 5.84. The quantitative estimate of drug-likeness (QED) is 0.640. The fraction of sp³-hybridized carbons (Fsp3) is 0.950. The van der Waals surface area contributed by atoms with Gasteiger partial charge >= 0.3 is 0 Å². The van der Waals surface area contributed by atoms with Crippen molar-refractivity contribution in [2.45, 2.75) is 106 Å². The second-order valence-corrected chi connectivity index (χ2v) is 6.97. The van der Waals surface area contributed by atoms with E-state index >= 15 is 0 Å². The van der Waals surface area contributed by atoms with Gasteiger partial charge in [-0.15, -0.1) is 0 Å². The Balaban J connectivity index is 0. The van der Waals surface area contributed by atoms with Crippen molar-refractivity contribution < 1.29 is 4.79 Å². The van der Waals surface area contributed by atoms with Crippen LogP contribution < -0.4 is 0 Å². The van der Waals surface area contributed by atoms with Gasteiger partial charge in [0.2, 0.25) is 0 Å². The van der Waals surface area contributed by atoms with Crippen molar-refractivity contribution >= 4 is 5.78 Å². The van der Waals surface area contributed by atoms with Gasteiger partial charge in [0, 0.05) is 12.0 Å². The van der Waals surface area contributed by atoms with Gasteiger partial charge in [-0.25, -0.2) is 0 Å². The van der Waals surface area contributed by atoms with Gasteiger partial charge in [0.15, 0.2) is 0 Å². The Bertz CT molecular complexity index is 280. The Hall–Kier alpha value is -0.370. The Labute approximate surface area is 141 Å². The third-order valence-corrected chi connectivity index (χ3v) is 4.74. The molecular formula is C20H43NO. The average Bonchev–Trinajstić information content (AvgIpc) is 2.52. The van der Waals surface area contributed by atoms with E-state index in [2.05, 4.69) is 39.6 Å². The molecular weight excluding hydrogens is 270 g/mol. The van der Waals surface area contributed by atoms with Gasteiger partial charge in [-0.2, -0.15) is 0 Å². The first-order valence-corrected chi connectivity index (χ1v) is 9.54. The van der Waals surface area contributed by atoms with Crippen LogP contribution in [0.1, 0.15) is 94.4 Å². The highest BCUT2D eigenvalue weighted by atomic mass is 16.1. The van der Waals surface area contributed by atoms with Gasteiger partial charge in [-0.3, -0.25) is 9.69 Å². The molecule has 0 aromatic heterocycles. The molecule has 0 radical (unpaired) electrons. The summed E-state index contributed by atoms with van der Waals surface area (Å²) in [5.41, 5.74) is 0.0622. The highest BCUT2D eigenvalue weighted by Crippen LogP contribution is 2.36. The number of Topliss-reactive ketones (excluding diaryl/α,β-unsaturated/α-hetero) is 1. The molecule has 0 bridgehead atoms. The molecule has 134 valence electrons. The molecule has 0 saturated heterocycles. The monoisotopic (exact) mass is 313 g/mol. The number of carbonyl (C=O) groups is 1. The van der Waals surface area contributed by atoms with Crippen LogP contribution >= 0.6 is 0 Å². The van der Waals surface area contributed by atoms with Crippen LogP contribution in [0.4, 0.5) is 0 Å². The van der Waals surface area contributed by atoms with Crippen LogP contribution in [0.2, 0.25) is 0 Å². The number of rotatable bonds is 4. The predicted octanol–water partition coefficient (Wildman–Crippen LogP) is 5.94. The number of hydrogen-bond donors (Lipinski definition) is 0. The Morgan fingerprint density at radius 1 is 1.09 bits per heavy atom. The minimum atomic E-state index is 0.0622. The van der Waals surface area contributed by atoms with Crippen molar-refractivity contribution in [1.29, 1.82) is 0 Å². The normalized spacial score (nSPS) is 22.9. The fourth-order valence-electron chi connectivity index (χ4n) is 3.18. The van der Waals surface area contributed by atoms with Crippen LogP contribution in [0.5, 0.6) is 0 Å². The summed E-state index contributed by atoms with van der Waals surface area (Å²) in [5, 5.41) is 0. The molecule has 1 saturated carbocycles. The van der Waals surface area contributed by atoms with Crippen molar-refractivity contribution in [3.8, 4) is 0 Å². The van der Waals surface area contributed by atoms with Crippen molar-refractivity contribution in [3.05, 3.63) is 0 Å². The molecule has 1 aliphatic rings. The minimum Gasteiger partial charge on any atom is -0.298 e. The van der Waals surface area contributed by atoms with Gasteiger partial charge in [0.05, 0.1) is 6.04 Å². The van der Waals surface area contributed by atoms with Gasteiger partial charge in [0.1, 0.15) is 5.78 Å². The lowest BCUT2D eigenvalue weighted by Gasteiger charge is -2.44. The molecule has 0 aliphatic heterocycles. The standard InChI is InChI=1S/C16H31NO.2C2H6/c1-7-14(18)15(17(6)16(3,4)5)13-11-9-8-10-12(13)2;2*1-2/h12-13,15H,7-11H2,1-6H3;2*1-2H3. The van der Waals surface area contributed by atoms with Crippen molar-refractivity contribution in [2.75, 3.05) is 7.05 Å². The van der Waals surface area contributed by atoms with E-state index in [1.807, 2.05) is 34.6 Å². The summed E-state index contributed by atoms with van der Waals surface area (Å²) in [5.74, 6) is 1.66. The largest absolute Gasteiger partial charge is 0.298 e. The molecule has 0 N–H and O–H groups in total. The second kappa shape index (κ2) is 12.1. The van der Waals surface area contributed by atoms with Gasteiger partial charge < -0.3 is 0 Å². The van der Waals surface area contributed by atoms with Crippen LogP contribution in [0.25, 0.3) is 0 Å². The summed E-state index contributed by atoms with van der Waals surface area (Å²) < 4.78 is 0. The zero-order chi connectivity index (χ0) is 17.9. The van der Waals surface area contributed by atoms with Crippen molar-refractivity contribution in [2.24, 2.45) is 11.8 Å². The van der Waals surface area contributed by atoms with Gasteiger partial charge in [-0.05, 0) is 46.1 Å². The smallest absolute Gasteiger partial charge is 0.149 e. The predicted molar refractivity (Wildman–Crippen MR) is 100 cm³/mol. The molecule has 0 amide bonds. The molecule has 2 heteroatoms. The molecule has 0 heterocycles. The first-order chi connectivity index (χ1) is 10.3. The lowest BCUT2D eigenvalue weighted by Crippen LogP contribution is -2.54. The van der Waals surface area contributed by atoms with Crippen LogP contribution in [-0.2, 0) is 4.79 Å². The van der Waals surface area contributed by atoms with E-state index in [0.29, 0.717) is 24.0 Å². The summed E-state index contributed by atoms with van der Waals surface area (Å²) in [6.45, 7) is 18.9. The molecule has 0 aromatic rings. The fourth-order valence-corrected chi connectivity index (χ4v) is 3.18. The topological polar surface area (TPSA) is 20.3 Å². The van der Waals surface area contributed by atoms with E-state index in [1.54, 1.807) is 0 Å². The Kier molecular flexibility index (Phi) is 13.1. The van der Waals surface area contributed by atoms with E-state index in [4.69, 9.17) is 0 Å². The molecule has 0 spiro atoms. The minimum absolute atomic E-state index is 0.0622. The van der Waals surface area contributed by atoms with Crippen molar-refractivity contribution in [3.63, 3.8) is 0 Å². The van der Waals surface area contributed by atoms with E-state index in [0.717, 1.165) is 0 Å². The SMILES string of the molecule is CC.CC.CCC(=O)C(C1CCCCC1C)N(C)C(C)(C)C. The third-order valence-electron chi connectivity index (χ3n) is 4.74. The zero-order valence-electron chi connectivity index (χ0n) is 17.1. The van der Waals surface area contributed by atoms with E-state index in [1.165, 1.54) is 25.7 Å². The number of carbonyl (C=O) groups excluding carboxylic acids is 1. The summed E-state index contributed by atoms with van der Waals surface area (Å²) in [6.07, 6.45) is 5.80. The van der Waals surface area contributed by atoms with Crippen molar-refractivity contribution in [1.82, 2.24) is 4.90 Å². The van der Waals surface area contributed by atoms with E-state index in [-0.39, 0.29) is 11.6 Å². The molecule has 0 aromatic carbocycles. The highest BCUT2D eigenvalue weighted by Gasteiger charge is 2.38. The van der Waals surface area contributed by atoms with E-state index in [9.17, 15) is 4.79 Å². The molecule has 3 atom stereocenters. The van der Waals surface area contributed by atoms with Gasteiger partial charge in [0.25, 0.3) is 0 Å². The molecule has 2 nitrogen and oxygen atoms in total. The van der Waals surface area contributed by atoms with Gasteiger partial charge in [-0.1, -0.05) is 60.8 Å². The Morgan fingerprint density at radius 2 is 1.55 bits per heavy atom. The Morgan fingerprint density at radius 3 is 1.91 bits per heavy atom. The molecule has 22 heavy (non-hydrogen) atoms. The summed E-state index contributed by atoms with van der Waals surface area (Å²) in [7, 11) is 2.12. The summed E-state index contributed by atoms with van der Waals surface area (Å²) in [6, 6.07) is 0.116. The lowest BCUT2D eigenvalue weighted by molar-refractivity contribution is -0.129. The molecule has 1 aliphatic carbocycles. The first-order valence-electron chi connectivity index (χ1n) is 9.54. The number of ketones is 1. The van der Waals surface area contributed by atoms with Crippen LogP contribution in [-0.4, -0.2) is 29.3 Å². The maximum atomic E-state index is 12.4. The summed E-state index contributed by atoms with van der Waals surface area (Å²) >= 11 is 0. The van der Waals surface area contributed by atoms with E-state index < -0.39 is 0 Å². The number of likely N-dealkylation sites (N-methyl/N-ethyl adjacent to an activating group) is 1. The molecule has 1 fully saturated rings. The lowest BCUT2D eigenvalue weighted by atomic mass is 9.73. The van der Waals surface area contributed by atoms with Crippen LogP contribution in [0.3, 0.4) is 0 Å². The van der Waals surface area contributed by atoms with Crippen LogP contribution in [0.15, 0.2) is 0 Å². The van der Waals surface area contributed by atoms with Crippen LogP contribution in [0, 0.1) is 11.8 Å². The maximum absolute atomic E-state index is 12.4. The average molecular weight is 314 g/mol. The first kappa shape index (κ1) is 23.9. The summed E-state index contributed by atoms with van der Waals surface area (Å²) in [4.78, 5) is 14.7. The number of nitrogens with zero attached hydrogens (tertiary/aromatic N) is 1.